The molecule has 0 spiro atoms. The van der Waals surface area contributed by atoms with Gasteiger partial charge in [-0.2, -0.15) is 0 Å². The minimum absolute atomic E-state index is 0.0360. The number of nitrogens with zero attached hydrogens (tertiary/aromatic N) is 2. The maximum atomic E-state index is 12.9. The number of halogens is 2. The molecule has 2 amide bonds. The van der Waals surface area contributed by atoms with Gasteiger partial charge in [0.15, 0.2) is 0 Å². The van der Waals surface area contributed by atoms with Crippen LogP contribution < -0.4 is 0 Å². The van der Waals surface area contributed by atoms with Crippen molar-refractivity contribution >= 4 is 35.2 Å². The van der Waals surface area contributed by atoms with E-state index in [0.29, 0.717) is 22.9 Å². The average molecular weight is 429 g/mol. The lowest BCUT2D eigenvalue weighted by atomic mass is 9.84. The number of carbonyl (C=O) groups excluding carboxylic acids is 2. The number of likely N-dealkylation sites (N-methyl/N-ethyl adjacent to an activating group) is 2. The Hall–Kier alpha value is -1.72. The molecule has 1 aromatic carbocycles. The van der Waals surface area contributed by atoms with E-state index in [-0.39, 0.29) is 12.5 Å². The third kappa shape index (κ3) is 5.89. The standard InChI is InChI=1S/C21H30Cl2N2O3/c1-8-12-21(14-24(6)18(26)9-2,15-10-11-16(22)17(23)13-15)25(7)19(27)28-20(3,4)5/h8,10-11,13H,1,9,12,14H2,2-7H3/t21-/m1/s1. The molecule has 0 aliphatic carbocycles. The van der Waals surface area contributed by atoms with Crippen molar-refractivity contribution in [3.8, 4) is 0 Å². The van der Waals surface area contributed by atoms with Crippen molar-refractivity contribution < 1.29 is 14.3 Å². The molecule has 0 fully saturated rings. The maximum Gasteiger partial charge on any atom is 0.410 e. The van der Waals surface area contributed by atoms with Gasteiger partial charge in [-0.05, 0) is 44.9 Å². The van der Waals surface area contributed by atoms with E-state index in [1.165, 1.54) is 4.90 Å². The normalized spacial score (nSPS) is 13.4. The number of hydrogen-bond donors (Lipinski definition) is 0. The Bertz CT molecular complexity index is 731. The zero-order valence-electron chi connectivity index (χ0n) is 17.5. The molecule has 0 unspecified atom stereocenters. The van der Waals surface area contributed by atoms with Crippen molar-refractivity contribution in [3.05, 3.63) is 46.5 Å². The summed E-state index contributed by atoms with van der Waals surface area (Å²) in [5, 5.41) is 0.783. The highest BCUT2D eigenvalue weighted by molar-refractivity contribution is 6.42. The SMILES string of the molecule is C=CC[C@@](CN(C)C(=O)CC)(c1ccc(Cl)c(Cl)c1)N(C)C(=O)OC(C)(C)C. The summed E-state index contributed by atoms with van der Waals surface area (Å²) >= 11 is 12.4. The molecule has 1 atom stereocenters. The van der Waals surface area contributed by atoms with Crippen molar-refractivity contribution in [3.63, 3.8) is 0 Å². The Kier molecular flexibility index (Phi) is 8.39. The van der Waals surface area contributed by atoms with Gasteiger partial charge in [-0.3, -0.25) is 9.69 Å². The molecular formula is C21H30Cl2N2O3. The maximum absolute atomic E-state index is 12.9. The monoisotopic (exact) mass is 428 g/mol. The molecule has 5 nitrogen and oxygen atoms in total. The van der Waals surface area contributed by atoms with Crippen molar-refractivity contribution in [2.45, 2.75) is 51.7 Å². The lowest BCUT2D eigenvalue weighted by Crippen LogP contribution is -2.55. The van der Waals surface area contributed by atoms with E-state index >= 15 is 0 Å². The summed E-state index contributed by atoms with van der Waals surface area (Å²) in [6.45, 7) is 11.3. The largest absolute Gasteiger partial charge is 0.444 e. The smallest absolute Gasteiger partial charge is 0.410 e. The van der Waals surface area contributed by atoms with Crippen LogP contribution in [-0.2, 0) is 15.1 Å². The molecule has 0 saturated heterocycles. The number of ether oxygens (including phenoxy) is 1. The summed E-state index contributed by atoms with van der Waals surface area (Å²) in [5.74, 6) is -0.0360. The molecule has 7 heteroatoms. The van der Waals surface area contributed by atoms with Crippen LogP contribution >= 0.6 is 23.2 Å². The van der Waals surface area contributed by atoms with Crippen LogP contribution in [0.5, 0.6) is 0 Å². The van der Waals surface area contributed by atoms with E-state index in [2.05, 4.69) is 6.58 Å². The molecule has 0 radical (unpaired) electrons. The van der Waals surface area contributed by atoms with Gasteiger partial charge in [-0.1, -0.05) is 42.3 Å². The predicted molar refractivity (Wildman–Crippen MR) is 115 cm³/mol. The summed E-state index contributed by atoms with van der Waals surface area (Å²) in [7, 11) is 3.37. The zero-order valence-corrected chi connectivity index (χ0v) is 19.0. The fraction of sp³-hybridized carbons (Fsp3) is 0.524. The quantitative estimate of drug-likeness (QED) is 0.538. The number of hydrogen-bond acceptors (Lipinski definition) is 3. The second-order valence-corrected chi connectivity index (χ2v) is 8.61. The minimum atomic E-state index is -0.919. The summed E-state index contributed by atoms with van der Waals surface area (Å²) in [6, 6.07) is 5.21. The Morgan fingerprint density at radius 2 is 1.79 bits per heavy atom. The van der Waals surface area contributed by atoms with Crippen LogP contribution in [0.3, 0.4) is 0 Å². The van der Waals surface area contributed by atoms with Gasteiger partial charge in [0, 0.05) is 27.1 Å². The molecule has 0 aliphatic rings. The van der Waals surface area contributed by atoms with Crippen LogP contribution in [0.2, 0.25) is 10.0 Å². The lowest BCUT2D eigenvalue weighted by Gasteiger charge is -2.44. The summed E-state index contributed by atoms with van der Waals surface area (Å²) in [4.78, 5) is 28.3. The molecule has 0 saturated carbocycles. The van der Waals surface area contributed by atoms with Gasteiger partial charge in [0.2, 0.25) is 5.91 Å². The number of benzene rings is 1. The zero-order chi connectivity index (χ0) is 21.7. The van der Waals surface area contributed by atoms with E-state index in [0.717, 1.165) is 5.56 Å². The molecule has 1 rings (SSSR count). The van der Waals surface area contributed by atoms with Crippen LogP contribution in [-0.4, -0.2) is 48.0 Å². The first-order valence-corrected chi connectivity index (χ1v) is 9.90. The van der Waals surface area contributed by atoms with Gasteiger partial charge in [-0.15, -0.1) is 6.58 Å². The fourth-order valence-electron chi connectivity index (χ4n) is 2.99. The topological polar surface area (TPSA) is 49.9 Å². The molecular weight excluding hydrogens is 399 g/mol. The van der Waals surface area contributed by atoms with Crippen LogP contribution in [0, 0.1) is 0 Å². The third-order valence-electron chi connectivity index (χ3n) is 4.48. The predicted octanol–water partition coefficient (Wildman–Crippen LogP) is 5.50. The third-order valence-corrected chi connectivity index (χ3v) is 5.21. The van der Waals surface area contributed by atoms with Crippen molar-refractivity contribution in [1.82, 2.24) is 9.80 Å². The Morgan fingerprint density at radius 1 is 1.18 bits per heavy atom. The first-order chi connectivity index (χ1) is 12.9. The molecule has 28 heavy (non-hydrogen) atoms. The highest BCUT2D eigenvalue weighted by atomic mass is 35.5. The van der Waals surface area contributed by atoms with E-state index in [9.17, 15) is 9.59 Å². The van der Waals surface area contributed by atoms with Crippen LogP contribution in [0.4, 0.5) is 4.79 Å². The van der Waals surface area contributed by atoms with Gasteiger partial charge in [-0.25, -0.2) is 4.79 Å². The van der Waals surface area contributed by atoms with Gasteiger partial charge < -0.3 is 9.64 Å². The summed E-state index contributed by atoms with van der Waals surface area (Å²) < 4.78 is 5.59. The van der Waals surface area contributed by atoms with Gasteiger partial charge in [0.05, 0.1) is 15.6 Å². The number of carbonyl (C=O) groups is 2. The molecule has 0 aromatic heterocycles. The van der Waals surface area contributed by atoms with E-state index in [1.807, 2.05) is 6.07 Å². The lowest BCUT2D eigenvalue weighted by molar-refractivity contribution is -0.131. The van der Waals surface area contributed by atoms with Crippen molar-refractivity contribution in [2.75, 3.05) is 20.6 Å². The molecule has 156 valence electrons. The van der Waals surface area contributed by atoms with Crippen LogP contribution in [0.15, 0.2) is 30.9 Å². The minimum Gasteiger partial charge on any atom is -0.444 e. The van der Waals surface area contributed by atoms with Gasteiger partial charge >= 0.3 is 6.09 Å². The number of amides is 2. The first kappa shape index (κ1) is 24.3. The molecule has 0 heterocycles. The molecule has 1 aromatic rings. The average Bonchev–Trinajstić information content (AvgIpc) is 2.60. The fourth-order valence-corrected chi connectivity index (χ4v) is 3.29. The Labute approximate surface area is 178 Å². The summed E-state index contributed by atoms with van der Waals surface area (Å²) in [5.41, 5.74) is -0.836. The second kappa shape index (κ2) is 9.66. The van der Waals surface area contributed by atoms with E-state index < -0.39 is 17.2 Å². The van der Waals surface area contributed by atoms with Crippen molar-refractivity contribution in [1.29, 1.82) is 0 Å². The molecule has 0 aliphatic heterocycles. The molecule has 0 bridgehead atoms. The highest BCUT2D eigenvalue weighted by Gasteiger charge is 2.42. The second-order valence-electron chi connectivity index (χ2n) is 7.80. The first-order valence-electron chi connectivity index (χ1n) is 9.15. The van der Waals surface area contributed by atoms with Gasteiger partial charge in [0.25, 0.3) is 0 Å². The van der Waals surface area contributed by atoms with E-state index in [1.54, 1.807) is 64.9 Å². The van der Waals surface area contributed by atoms with Crippen LogP contribution in [0.25, 0.3) is 0 Å². The van der Waals surface area contributed by atoms with Crippen LogP contribution in [0.1, 0.15) is 46.1 Å². The summed E-state index contributed by atoms with van der Waals surface area (Å²) in [6.07, 6.45) is 1.96. The Balaban J connectivity index is 3.55. The van der Waals surface area contributed by atoms with Crippen molar-refractivity contribution in [2.24, 2.45) is 0 Å². The highest BCUT2D eigenvalue weighted by Crippen LogP contribution is 2.37. The Morgan fingerprint density at radius 3 is 2.25 bits per heavy atom. The molecule has 0 N–H and O–H groups in total. The van der Waals surface area contributed by atoms with Gasteiger partial charge in [0.1, 0.15) is 5.60 Å². The number of rotatable bonds is 7. The van der Waals surface area contributed by atoms with E-state index in [4.69, 9.17) is 27.9 Å².